The van der Waals surface area contributed by atoms with Crippen LogP contribution in [0.5, 0.6) is 0 Å². The summed E-state index contributed by atoms with van der Waals surface area (Å²) in [6.45, 7) is 4.68. The van der Waals surface area contributed by atoms with Crippen LogP contribution in [0.15, 0.2) is 0 Å². The summed E-state index contributed by atoms with van der Waals surface area (Å²) in [5, 5.41) is 12.9. The second kappa shape index (κ2) is 4.72. The van der Waals surface area contributed by atoms with Crippen molar-refractivity contribution >= 4 is 5.91 Å². The first-order chi connectivity index (χ1) is 7.28. The number of amides is 1. The van der Waals surface area contributed by atoms with Crippen LogP contribution in [0.3, 0.4) is 0 Å². The molecule has 0 radical (unpaired) electrons. The molecule has 4 heteroatoms. The van der Waals surface area contributed by atoms with Crippen molar-refractivity contribution in [1.82, 2.24) is 10.2 Å². The molecule has 94 valence electrons. The summed E-state index contributed by atoms with van der Waals surface area (Å²) in [7, 11) is 3.97. The van der Waals surface area contributed by atoms with Crippen LogP contribution in [0.25, 0.3) is 0 Å². The van der Waals surface area contributed by atoms with Gasteiger partial charge in [-0.05, 0) is 53.6 Å². The molecule has 1 rings (SSSR count). The van der Waals surface area contributed by atoms with Gasteiger partial charge < -0.3 is 15.3 Å². The van der Waals surface area contributed by atoms with E-state index in [0.29, 0.717) is 19.4 Å². The topological polar surface area (TPSA) is 52.6 Å². The Hall–Kier alpha value is -0.610. The molecule has 0 aromatic heterocycles. The highest BCUT2D eigenvalue weighted by Gasteiger charge is 2.39. The Balaban J connectivity index is 2.47. The molecule has 0 heterocycles. The Morgan fingerprint density at radius 2 is 1.88 bits per heavy atom. The lowest BCUT2D eigenvalue weighted by atomic mass is 9.99. The van der Waals surface area contributed by atoms with Crippen molar-refractivity contribution in [1.29, 1.82) is 0 Å². The lowest BCUT2D eigenvalue weighted by Crippen LogP contribution is -2.53. The van der Waals surface area contributed by atoms with Crippen LogP contribution in [-0.2, 0) is 4.79 Å². The maximum atomic E-state index is 11.9. The maximum absolute atomic E-state index is 11.9. The van der Waals surface area contributed by atoms with Gasteiger partial charge in [0.15, 0.2) is 0 Å². The quantitative estimate of drug-likeness (QED) is 0.746. The van der Waals surface area contributed by atoms with E-state index < -0.39 is 5.60 Å². The van der Waals surface area contributed by atoms with Gasteiger partial charge in [-0.2, -0.15) is 0 Å². The summed E-state index contributed by atoms with van der Waals surface area (Å²) in [5.41, 5.74) is -1.20. The zero-order chi connectivity index (χ0) is 12.4. The molecule has 0 atom stereocenters. The van der Waals surface area contributed by atoms with Crippen molar-refractivity contribution in [2.45, 2.75) is 50.7 Å². The predicted octanol–water partition coefficient (Wildman–Crippen LogP) is 0.748. The Morgan fingerprint density at radius 1 is 1.38 bits per heavy atom. The minimum absolute atomic E-state index is 0.0926. The van der Waals surface area contributed by atoms with E-state index in [9.17, 15) is 9.90 Å². The van der Waals surface area contributed by atoms with Crippen LogP contribution in [0.1, 0.15) is 39.5 Å². The van der Waals surface area contributed by atoms with Gasteiger partial charge in [0.2, 0.25) is 0 Å². The fourth-order valence-electron chi connectivity index (χ4n) is 1.81. The van der Waals surface area contributed by atoms with E-state index in [-0.39, 0.29) is 11.4 Å². The number of carbonyl (C=O) groups excluding carboxylic acids is 1. The average Bonchev–Trinajstić information content (AvgIpc) is 2.62. The van der Waals surface area contributed by atoms with Crippen LogP contribution < -0.4 is 5.32 Å². The molecular weight excluding hydrogens is 204 g/mol. The van der Waals surface area contributed by atoms with E-state index in [1.807, 2.05) is 14.1 Å². The molecule has 1 fully saturated rings. The van der Waals surface area contributed by atoms with Gasteiger partial charge in [0.25, 0.3) is 5.91 Å². The first kappa shape index (κ1) is 13.5. The van der Waals surface area contributed by atoms with Crippen molar-refractivity contribution in [3.63, 3.8) is 0 Å². The van der Waals surface area contributed by atoms with Gasteiger partial charge >= 0.3 is 0 Å². The normalized spacial score (nSPS) is 20.1. The van der Waals surface area contributed by atoms with Gasteiger partial charge in [0, 0.05) is 12.1 Å². The highest BCUT2D eigenvalue weighted by atomic mass is 16.3. The number of rotatable bonds is 4. The number of hydrogen-bond acceptors (Lipinski definition) is 3. The molecule has 0 unspecified atom stereocenters. The molecule has 4 nitrogen and oxygen atoms in total. The summed E-state index contributed by atoms with van der Waals surface area (Å²) in [5.74, 6) is -0.208. The largest absolute Gasteiger partial charge is 0.380 e. The SMILES string of the molecule is CN(C)C(C)(C)CNC(=O)C1(O)CCCC1. The van der Waals surface area contributed by atoms with Crippen molar-refractivity contribution in [3.05, 3.63) is 0 Å². The number of likely N-dealkylation sites (N-methyl/N-ethyl adjacent to an activating group) is 1. The number of hydrogen-bond donors (Lipinski definition) is 2. The highest BCUT2D eigenvalue weighted by Crippen LogP contribution is 2.29. The molecule has 2 N–H and O–H groups in total. The minimum atomic E-state index is -1.11. The molecule has 0 bridgehead atoms. The zero-order valence-electron chi connectivity index (χ0n) is 10.8. The average molecular weight is 228 g/mol. The fourth-order valence-corrected chi connectivity index (χ4v) is 1.81. The molecule has 16 heavy (non-hydrogen) atoms. The monoisotopic (exact) mass is 228 g/mol. The van der Waals surface area contributed by atoms with E-state index in [0.717, 1.165) is 12.8 Å². The third kappa shape index (κ3) is 2.95. The van der Waals surface area contributed by atoms with Crippen LogP contribution in [0.2, 0.25) is 0 Å². The second-order valence-electron chi connectivity index (χ2n) is 5.63. The maximum Gasteiger partial charge on any atom is 0.252 e. The van der Waals surface area contributed by atoms with Gasteiger partial charge in [-0.25, -0.2) is 0 Å². The van der Waals surface area contributed by atoms with Gasteiger partial charge in [0.1, 0.15) is 5.60 Å². The van der Waals surface area contributed by atoms with Gasteiger partial charge in [0.05, 0.1) is 0 Å². The molecule has 1 amide bonds. The molecule has 1 saturated carbocycles. The molecule has 0 aliphatic heterocycles. The third-order valence-electron chi connectivity index (χ3n) is 3.75. The first-order valence-corrected chi connectivity index (χ1v) is 5.96. The lowest BCUT2D eigenvalue weighted by molar-refractivity contribution is -0.139. The number of nitrogens with zero attached hydrogens (tertiary/aromatic N) is 1. The molecule has 1 aliphatic carbocycles. The van der Waals surface area contributed by atoms with Crippen LogP contribution in [-0.4, -0.2) is 47.7 Å². The summed E-state index contributed by atoms with van der Waals surface area (Å²) >= 11 is 0. The van der Waals surface area contributed by atoms with E-state index in [4.69, 9.17) is 0 Å². The summed E-state index contributed by atoms with van der Waals surface area (Å²) in [4.78, 5) is 13.9. The van der Waals surface area contributed by atoms with E-state index >= 15 is 0 Å². The Bertz CT molecular complexity index is 256. The number of aliphatic hydroxyl groups is 1. The zero-order valence-corrected chi connectivity index (χ0v) is 10.8. The number of nitrogens with one attached hydrogen (secondary N) is 1. The Morgan fingerprint density at radius 3 is 2.31 bits per heavy atom. The van der Waals surface area contributed by atoms with Gasteiger partial charge in [-0.3, -0.25) is 4.79 Å². The fraction of sp³-hybridized carbons (Fsp3) is 0.917. The molecular formula is C12H24N2O2. The van der Waals surface area contributed by atoms with E-state index in [1.54, 1.807) is 0 Å². The molecule has 0 aromatic rings. The van der Waals surface area contributed by atoms with Crippen LogP contribution in [0, 0.1) is 0 Å². The van der Waals surface area contributed by atoms with E-state index in [1.165, 1.54) is 0 Å². The summed E-state index contributed by atoms with van der Waals surface area (Å²) in [6, 6.07) is 0. The standard InChI is InChI=1S/C12H24N2O2/c1-11(2,14(3)4)9-13-10(15)12(16)7-5-6-8-12/h16H,5-9H2,1-4H3,(H,13,15). The Kier molecular flexibility index (Phi) is 3.97. The third-order valence-corrected chi connectivity index (χ3v) is 3.75. The molecule has 0 spiro atoms. The number of carbonyl (C=O) groups is 1. The first-order valence-electron chi connectivity index (χ1n) is 5.96. The van der Waals surface area contributed by atoms with Gasteiger partial charge in [-0.15, -0.1) is 0 Å². The van der Waals surface area contributed by atoms with Crippen molar-refractivity contribution < 1.29 is 9.90 Å². The van der Waals surface area contributed by atoms with Crippen molar-refractivity contribution in [2.24, 2.45) is 0 Å². The smallest absolute Gasteiger partial charge is 0.252 e. The molecule has 0 aromatic carbocycles. The minimum Gasteiger partial charge on any atom is -0.380 e. The highest BCUT2D eigenvalue weighted by molar-refractivity contribution is 5.85. The summed E-state index contributed by atoms with van der Waals surface area (Å²) in [6.07, 6.45) is 3.09. The van der Waals surface area contributed by atoms with Crippen LogP contribution >= 0.6 is 0 Å². The molecule has 0 saturated heterocycles. The Labute approximate surface area is 98.0 Å². The predicted molar refractivity (Wildman–Crippen MR) is 64.2 cm³/mol. The molecule has 1 aliphatic rings. The van der Waals surface area contributed by atoms with Crippen molar-refractivity contribution in [3.8, 4) is 0 Å². The summed E-state index contributed by atoms with van der Waals surface area (Å²) < 4.78 is 0. The van der Waals surface area contributed by atoms with E-state index in [2.05, 4.69) is 24.1 Å². The second-order valence-corrected chi connectivity index (χ2v) is 5.63. The van der Waals surface area contributed by atoms with Gasteiger partial charge in [-0.1, -0.05) is 0 Å². The van der Waals surface area contributed by atoms with Crippen LogP contribution in [0.4, 0.5) is 0 Å². The lowest BCUT2D eigenvalue weighted by Gasteiger charge is -2.33. The van der Waals surface area contributed by atoms with Crippen molar-refractivity contribution in [2.75, 3.05) is 20.6 Å².